The van der Waals surface area contributed by atoms with Crippen LogP contribution in [-0.4, -0.2) is 49.2 Å². The van der Waals surface area contributed by atoms with Crippen molar-refractivity contribution in [3.8, 4) is 0 Å². The van der Waals surface area contributed by atoms with Gasteiger partial charge in [0, 0.05) is 12.6 Å². The highest BCUT2D eigenvalue weighted by Crippen LogP contribution is 2.22. The monoisotopic (exact) mass is 284 g/mol. The van der Waals surface area contributed by atoms with Gasteiger partial charge in [0.15, 0.2) is 0 Å². The van der Waals surface area contributed by atoms with Crippen molar-refractivity contribution in [3.63, 3.8) is 0 Å². The molecule has 1 fully saturated rings. The maximum atomic E-state index is 12.2. The minimum Gasteiger partial charge on any atom is -0.465 e. The zero-order valence-electron chi connectivity index (χ0n) is 13.7. The average molecular weight is 284 g/mol. The average Bonchev–Trinajstić information content (AvgIpc) is 2.68. The Morgan fingerprint density at radius 3 is 2.35 bits per heavy atom. The second kappa shape index (κ2) is 8.63. The van der Waals surface area contributed by atoms with Crippen LogP contribution >= 0.6 is 0 Å². The van der Waals surface area contributed by atoms with E-state index in [9.17, 15) is 4.79 Å². The fraction of sp³-hybridized carbons (Fsp3) is 0.938. The highest BCUT2D eigenvalue weighted by Gasteiger charge is 2.36. The minimum absolute atomic E-state index is 0.137. The summed E-state index contributed by atoms with van der Waals surface area (Å²) < 4.78 is 5.24. The molecule has 118 valence electrons. The molecule has 0 heterocycles. The maximum absolute atomic E-state index is 12.2. The summed E-state index contributed by atoms with van der Waals surface area (Å²) in [5.41, 5.74) is -0.605. The fourth-order valence-corrected chi connectivity index (χ4v) is 3.20. The summed E-state index contributed by atoms with van der Waals surface area (Å²) >= 11 is 0. The largest absolute Gasteiger partial charge is 0.465 e. The van der Waals surface area contributed by atoms with Gasteiger partial charge in [0.05, 0.1) is 6.61 Å². The van der Waals surface area contributed by atoms with Crippen LogP contribution in [0, 0.1) is 0 Å². The predicted octanol–water partition coefficient (Wildman–Crippen LogP) is 2.57. The quantitative estimate of drug-likeness (QED) is 0.576. The second-order valence-electron chi connectivity index (χ2n) is 6.14. The van der Waals surface area contributed by atoms with Crippen molar-refractivity contribution in [1.82, 2.24) is 10.2 Å². The van der Waals surface area contributed by atoms with Gasteiger partial charge in [-0.2, -0.15) is 0 Å². The second-order valence-corrected chi connectivity index (χ2v) is 6.14. The zero-order valence-corrected chi connectivity index (χ0v) is 13.7. The van der Waals surface area contributed by atoms with Crippen molar-refractivity contribution in [2.24, 2.45) is 0 Å². The number of hydrogen-bond donors (Lipinski definition) is 1. The molecule has 0 saturated heterocycles. The maximum Gasteiger partial charge on any atom is 0.327 e. The smallest absolute Gasteiger partial charge is 0.327 e. The van der Waals surface area contributed by atoms with Crippen molar-refractivity contribution in [1.29, 1.82) is 0 Å². The van der Waals surface area contributed by atoms with Crippen LogP contribution in [0.2, 0.25) is 0 Å². The lowest BCUT2D eigenvalue weighted by molar-refractivity contribution is -0.151. The van der Waals surface area contributed by atoms with E-state index in [-0.39, 0.29) is 5.97 Å². The molecule has 0 aromatic heterocycles. The van der Waals surface area contributed by atoms with Crippen molar-refractivity contribution < 1.29 is 9.53 Å². The minimum atomic E-state index is -0.605. The van der Waals surface area contributed by atoms with Crippen molar-refractivity contribution in [2.45, 2.75) is 70.9 Å². The van der Waals surface area contributed by atoms with Gasteiger partial charge in [-0.25, -0.2) is 0 Å². The first-order chi connectivity index (χ1) is 9.53. The normalized spacial score (nSPS) is 20.4. The number of carbonyl (C=O) groups excluding carboxylic acids is 1. The van der Waals surface area contributed by atoms with Gasteiger partial charge in [-0.3, -0.25) is 4.79 Å². The highest BCUT2D eigenvalue weighted by atomic mass is 16.5. The number of likely N-dealkylation sites (N-methyl/N-ethyl adjacent to an activating group) is 2. The van der Waals surface area contributed by atoms with Crippen LogP contribution in [0.25, 0.3) is 0 Å². The molecule has 0 aromatic carbocycles. The Hall–Kier alpha value is -0.610. The SMILES string of the molecule is CCNC(C)(CN(C)C1CCCCCC1)C(=O)OCC. The molecule has 0 spiro atoms. The highest BCUT2D eigenvalue weighted by molar-refractivity contribution is 5.80. The fourth-order valence-electron chi connectivity index (χ4n) is 3.20. The number of esters is 1. The predicted molar refractivity (Wildman–Crippen MR) is 82.8 cm³/mol. The number of ether oxygens (including phenoxy) is 1. The van der Waals surface area contributed by atoms with E-state index < -0.39 is 5.54 Å². The number of carbonyl (C=O) groups is 1. The number of hydrogen-bond acceptors (Lipinski definition) is 4. The Balaban J connectivity index is 2.65. The summed E-state index contributed by atoms with van der Waals surface area (Å²) in [5, 5.41) is 3.31. The molecule has 0 amide bonds. The third-order valence-corrected chi connectivity index (χ3v) is 4.31. The topological polar surface area (TPSA) is 41.6 Å². The van der Waals surface area contributed by atoms with E-state index >= 15 is 0 Å². The van der Waals surface area contributed by atoms with Crippen LogP contribution in [0.5, 0.6) is 0 Å². The third-order valence-electron chi connectivity index (χ3n) is 4.31. The Kier molecular flexibility index (Phi) is 7.52. The Labute approximate surface area is 124 Å². The van der Waals surface area contributed by atoms with E-state index in [0.717, 1.165) is 6.54 Å². The van der Waals surface area contributed by atoms with E-state index in [2.05, 4.69) is 17.3 Å². The molecule has 1 rings (SSSR count). The molecule has 1 saturated carbocycles. The van der Waals surface area contributed by atoms with Crippen LogP contribution in [0.3, 0.4) is 0 Å². The van der Waals surface area contributed by atoms with Gasteiger partial charge >= 0.3 is 5.97 Å². The first kappa shape index (κ1) is 17.4. The summed E-state index contributed by atoms with van der Waals surface area (Å²) in [6.45, 7) is 7.77. The van der Waals surface area contributed by atoms with Gasteiger partial charge in [0.2, 0.25) is 0 Å². The number of rotatable bonds is 7. The van der Waals surface area contributed by atoms with E-state index in [4.69, 9.17) is 4.74 Å². The van der Waals surface area contributed by atoms with Gasteiger partial charge in [-0.05, 0) is 40.3 Å². The molecule has 1 aliphatic carbocycles. The van der Waals surface area contributed by atoms with Gasteiger partial charge in [-0.15, -0.1) is 0 Å². The molecule has 0 bridgehead atoms. The Morgan fingerprint density at radius 2 is 1.85 bits per heavy atom. The summed E-state index contributed by atoms with van der Waals surface area (Å²) in [5.74, 6) is -0.137. The van der Waals surface area contributed by atoms with E-state index in [1.807, 2.05) is 20.8 Å². The summed E-state index contributed by atoms with van der Waals surface area (Å²) in [7, 11) is 2.14. The number of nitrogens with zero attached hydrogens (tertiary/aromatic N) is 1. The van der Waals surface area contributed by atoms with E-state index in [1.54, 1.807) is 0 Å². The van der Waals surface area contributed by atoms with Crippen LogP contribution in [0.1, 0.15) is 59.3 Å². The van der Waals surface area contributed by atoms with E-state index in [0.29, 0.717) is 19.2 Å². The summed E-state index contributed by atoms with van der Waals surface area (Å²) in [4.78, 5) is 14.6. The zero-order chi connectivity index (χ0) is 15.0. The number of nitrogens with one attached hydrogen (secondary N) is 1. The lowest BCUT2D eigenvalue weighted by Gasteiger charge is -2.36. The molecule has 1 aliphatic rings. The molecule has 1 N–H and O–H groups in total. The molecular weight excluding hydrogens is 252 g/mol. The van der Waals surface area contributed by atoms with Crippen molar-refractivity contribution in [2.75, 3.05) is 26.7 Å². The molecule has 4 nitrogen and oxygen atoms in total. The molecule has 1 atom stereocenters. The summed E-state index contributed by atoms with van der Waals surface area (Å²) in [6, 6.07) is 0.602. The lowest BCUT2D eigenvalue weighted by Crippen LogP contribution is -2.58. The molecule has 4 heteroatoms. The van der Waals surface area contributed by atoms with Gasteiger partial charge < -0.3 is 15.0 Å². The van der Waals surface area contributed by atoms with Crippen molar-refractivity contribution in [3.05, 3.63) is 0 Å². The lowest BCUT2D eigenvalue weighted by atomic mass is 9.99. The van der Waals surface area contributed by atoms with Crippen LogP contribution in [0.4, 0.5) is 0 Å². The van der Waals surface area contributed by atoms with Crippen LogP contribution < -0.4 is 5.32 Å². The molecule has 0 aromatic rings. The van der Waals surface area contributed by atoms with Gasteiger partial charge in [0.1, 0.15) is 5.54 Å². The standard InChI is InChI=1S/C16H32N2O2/c1-5-17-16(3,15(19)20-6-2)13-18(4)14-11-9-7-8-10-12-14/h14,17H,5-13H2,1-4H3. The molecule has 1 unspecified atom stereocenters. The Bertz CT molecular complexity index is 288. The molecular formula is C16H32N2O2. The van der Waals surface area contributed by atoms with Crippen LogP contribution in [0.15, 0.2) is 0 Å². The van der Waals surface area contributed by atoms with Gasteiger partial charge in [-0.1, -0.05) is 32.6 Å². The third kappa shape index (κ3) is 5.06. The van der Waals surface area contributed by atoms with E-state index in [1.165, 1.54) is 38.5 Å². The molecule has 0 aliphatic heterocycles. The first-order valence-corrected chi connectivity index (χ1v) is 8.16. The van der Waals surface area contributed by atoms with Gasteiger partial charge in [0.25, 0.3) is 0 Å². The Morgan fingerprint density at radius 1 is 1.25 bits per heavy atom. The first-order valence-electron chi connectivity index (χ1n) is 8.16. The van der Waals surface area contributed by atoms with Crippen LogP contribution in [-0.2, 0) is 9.53 Å². The molecule has 20 heavy (non-hydrogen) atoms. The summed E-state index contributed by atoms with van der Waals surface area (Å²) in [6.07, 6.45) is 7.83. The van der Waals surface area contributed by atoms with Crippen molar-refractivity contribution >= 4 is 5.97 Å². The molecule has 0 radical (unpaired) electrons.